The van der Waals surface area contributed by atoms with Gasteiger partial charge in [0, 0.05) is 11.3 Å². The second-order valence-electron chi connectivity index (χ2n) is 3.07. The highest BCUT2D eigenvalue weighted by molar-refractivity contribution is 7.90. The summed E-state index contributed by atoms with van der Waals surface area (Å²) in [7, 11) is -3.23. The first-order valence-electron chi connectivity index (χ1n) is 3.86. The molecule has 4 nitrogen and oxygen atoms in total. The van der Waals surface area contributed by atoms with E-state index in [1.807, 2.05) is 0 Å². The minimum absolute atomic E-state index is 0.0351. The van der Waals surface area contributed by atoms with Crippen LogP contribution in [-0.4, -0.2) is 23.4 Å². The molecule has 0 saturated heterocycles. The first kappa shape index (κ1) is 12.6. The van der Waals surface area contributed by atoms with Crippen LogP contribution in [0.25, 0.3) is 0 Å². The van der Waals surface area contributed by atoms with Gasteiger partial charge in [0.1, 0.15) is 0 Å². The monoisotopic (exact) mass is 268 g/mol. The summed E-state index contributed by atoms with van der Waals surface area (Å²) < 4.78 is 42.0. The Morgan fingerprint density at radius 1 is 1.47 bits per heavy atom. The van der Waals surface area contributed by atoms with Gasteiger partial charge in [0.15, 0.2) is 20.9 Å². The van der Waals surface area contributed by atoms with Crippen molar-refractivity contribution in [2.45, 2.75) is 10.6 Å². The normalized spacial score (nSPS) is 13.8. The number of halogens is 1. The van der Waals surface area contributed by atoms with Crippen molar-refractivity contribution in [3.05, 3.63) is 28.8 Å². The Morgan fingerprint density at radius 2 is 2.07 bits per heavy atom. The Kier molecular flexibility index (Phi) is 3.88. The number of sulfone groups is 1. The zero-order valence-electron chi connectivity index (χ0n) is 7.81. The molecular weight excluding hydrogens is 260 g/mol. The molecule has 0 heterocycles. The highest BCUT2D eigenvalue weighted by Gasteiger charge is 2.13. The predicted octanol–water partition coefficient (Wildman–Crippen LogP) is 1.47. The van der Waals surface area contributed by atoms with Crippen molar-refractivity contribution < 1.29 is 17.2 Å². The van der Waals surface area contributed by atoms with E-state index in [2.05, 4.69) is 0 Å². The van der Waals surface area contributed by atoms with E-state index in [1.165, 1.54) is 18.2 Å². The Hall–Kier alpha value is -0.430. The largest absolute Gasteiger partial charge is 0.302 e. The van der Waals surface area contributed by atoms with Crippen molar-refractivity contribution in [2.24, 2.45) is 0 Å². The van der Waals surface area contributed by atoms with Crippen LogP contribution in [0.2, 0.25) is 5.02 Å². The van der Waals surface area contributed by atoms with Gasteiger partial charge in [-0.15, -0.1) is 0 Å². The number of rotatable bonds is 3. The van der Waals surface area contributed by atoms with Crippen LogP contribution in [0.4, 0.5) is 0 Å². The molecule has 1 unspecified atom stereocenters. The van der Waals surface area contributed by atoms with Gasteiger partial charge in [-0.1, -0.05) is 17.7 Å². The van der Waals surface area contributed by atoms with Gasteiger partial charge in [0.05, 0.1) is 10.6 Å². The Balaban J connectivity index is 3.24. The third-order valence-electron chi connectivity index (χ3n) is 1.64. The molecule has 0 saturated carbocycles. The summed E-state index contributed by atoms with van der Waals surface area (Å²) in [5, 5.41) is 0.296. The molecule has 1 atom stereocenters. The summed E-state index contributed by atoms with van der Waals surface area (Å²) in [5.74, 6) is -0.272. The molecule has 1 aromatic carbocycles. The number of benzene rings is 1. The summed E-state index contributed by atoms with van der Waals surface area (Å²) in [6.07, 6.45) is 1.06. The van der Waals surface area contributed by atoms with E-state index in [0.717, 1.165) is 6.26 Å². The molecule has 0 bridgehead atoms. The number of hydrogen-bond acceptors (Lipinski definition) is 3. The second kappa shape index (κ2) is 4.61. The van der Waals surface area contributed by atoms with E-state index >= 15 is 0 Å². The lowest BCUT2D eigenvalue weighted by Gasteiger charge is -2.05. The fraction of sp³-hybridized carbons (Fsp3) is 0.250. The fourth-order valence-corrected chi connectivity index (χ4v) is 2.83. The maximum absolute atomic E-state index is 11.0. The maximum Gasteiger partial charge on any atom is 0.186 e. The Labute approximate surface area is 95.5 Å². The van der Waals surface area contributed by atoms with Crippen LogP contribution >= 0.6 is 11.6 Å². The molecule has 0 radical (unpaired) electrons. The highest BCUT2D eigenvalue weighted by atomic mass is 35.5. The van der Waals surface area contributed by atoms with Gasteiger partial charge in [-0.2, -0.15) is 0 Å². The van der Waals surface area contributed by atoms with Crippen LogP contribution in [0, 0.1) is 0 Å². The lowest BCUT2D eigenvalue weighted by molar-refractivity contribution is 0.563. The maximum atomic E-state index is 11.0. The SMILES string of the molecule is CS(=O)(=O)Cc1ccc(Cl)cc1S(=O)O. The molecule has 1 aromatic rings. The van der Waals surface area contributed by atoms with Crippen LogP contribution in [-0.2, 0) is 26.7 Å². The molecule has 1 rings (SSSR count). The molecule has 0 aliphatic rings. The molecule has 1 N–H and O–H groups in total. The van der Waals surface area contributed by atoms with Crippen LogP contribution in [0.15, 0.2) is 23.1 Å². The minimum atomic E-state index is -3.23. The van der Waals surface area contributed by atoms with E-state index in [-0.39, 0.29) is 10.6 Å². The second-order valence-corrected chi connectivity index (χ2v) is 6.59. The Morgan fingerprint density at radius 3 is 2.53 bits per heavy atom. The van der Waals surface area contributed by atoms with Crippen molar-refractivity contribution in [2.75, 3.05) is 6.26 Å². The molecule has 0 amide bonds. The number of hydrogen-bond donors (Lipinski definition) is 1. The van der Waals surface area contributed by atoms with Crippen molar-refractivity contribution >= 4 is 32.5 Å². The summed E-state index contributed by atoms with van der Waals surface area (Å²) in [6.45, 7) is 0. The van der Waals surface area contributed by atoms with Gasteiger partial charge >= 0.3 is 0 Å². The highest BCUT2D eigenvalue weighted by Crippen LogP contribution is 2.20. The average molecular weight is 269 g/mol. The lowest BCUT2D eigenvalue weighted by atomic mass is 10.2. The first-order valence-corrected chi connectivity index (χ1v) is 7.41. The molecule has 84 valence electrons. The summed E-state index contributed by atoms with van der Waals surface area (Å²) >= 11 is 3.40. The van der Waals surface area contributed by atoms with Gasteiger partial charge in [-0.3, -0.25) is 0 Å². The van der Waals surface area contributed by atoms with Crippen LogP contribution in [0.5, 0.6) is 0 Å². The van der Waals surface area contributed by atoms with Crippen molar-refractivity contribution in [3.63, 3.8) is 0 Å². The third-order valence-corrected chi connectivity index (χ3v) is 3.46. The summed E-state index contributed by atoms with van der Waals surface area (Å²) in [5.41, 5.74) is 0.294. The van der Waals surface area contributed by atoms with Gasteiger partial charge in [-0.25, -0.2) is 12.6 Å². The van der Waals surface area contributed by atoms with Crippen molar-refractivity contribution in [3.8, 4) is 0 Å². The molecular formula is C8H9ClO4S2. The van der Waals surface area contributed by atoms with Crippen LogP contribution in [0.1, 0.15) is 5.56 Å². The zero-order chi connectivity index (χ0) is 11.6. The molecule has 0 spiro atoms. The van der Waals surface area contributed by atoms with Gasteiger partial charge < -0.3 is 4.55 Å². The predicted molar refractivity (Wildman–Crippen MR) is 59.0 cm³/mol. The van der Waals surface area contributed by atoms with E-state index in [4.69, 9.17) is 16.2 Å². The zero-order valence-corrected chi connectivity index (χ0v) is 10.2. The molecule has 0 aliphatic heterocycles. The smallest absolute Gasteiger partial charge is 0.186 e. The van der Waals surface area contributed by atoms with Gasteiger partial charge in [0.2, 0.25) is 0 Å². The Bertz CT molecular complexity index is 495. The molecule has 15 heavy (non-hydrogen) atoms. The quantitative estimate of drug-likeness (QED) is 0.843. The van der Waals surface area contributed by atoms with Crippen molar-refractivity contribution in [1.82, 2.24) is 0 Å². The first-order chi connectivity index (χ1) is 6.79. The topological polar surface area (TPSA) is 71.4 Å². The molecule has 0 aliphatic carbocycles. The lowest BCUT2D eigenvalue weighted by Crippen LogP contribution is -2.04. The fourth-order valence-electron chi connectivity index (χ4n) is 1.09. The van der Waals surface area contributed by atoms with E-state index in [1.54, 1.807) is 0 Å². The van der Waals surface area contributed by atoms with Crippen LogP contribution in [0.3, 0.4) is 0 Å². The standard InChI is InChI=1S/C8H9ClO4S2/c1-15(12,13)5-6-2-3-7(9)4-8(6)14(10)11/h2-4H,5H2,1H3,(H,10,11). The van der Waals surface area contributed by atoms with Crippen LogP contribution < -0.4 is 0 Å². The van der Waals surface area contributed by atoms with Gasteiger partial charge in [0.25, 0.3) is 0 Å². The average Bonchev–Trinajstić information content (AvgIpc) is 2.05. The molecule has 0 aromatic heterocycles. The third kappa shape index (κ3) is 3.90. The minimum Gasteiger partial charge on any atom is -0.302 e. The summed E-state index contributed by atoms with van der Waals surface area (Å²) in [6, 6.07) is 4.21. The van der Waals surface area contributed by atoms with Crippen molar-refractivity contribution in [1.29, 1.82) is 0 Å². The van der Waals surface area contributed by atoms with Gasteiger partial charge in [-0.05, 0) is 17.7 Å². The van der Waals surface area contributed by atoms with E-state index < -0.39 is 20.9 Å². The molecule has 7 heteroatoms. The molecule has 0 fully saturated rings. The van der Waals surface area contributed by atoms with E-state index in [9.17, 15) is 12.6 Å². The van der Waals surface area contributed by atoms with E-state index in [0.29, 0.717) is 10.6 Å². The summed E-state index contributed by atoms with van der Waals surface area (Å²) in [4.78, 5) is 0.0351.